The molecule has 1 heterocycles. The van der Waals surface area contributed by atoms with E-state index >= 15 is 0 Å². The second kappa shape index (κ2) is 10.2. The van der Waals surface area contributed by atoms with Gasteiger partial charge in [-0.25, -0.2) is 4.79 Å². The highest BCUT2D eigenvalue weighted by molar-refractivity contribution is 6.08. The zero-order chi connectivity index (χ0) is 25.1. The Morgan fingerprint density at radius 2 is 1.50 bits per heavy atom. The Hall–Kier alpha value is -4.26. The molecule has 0 unspecified atom stereocenters. The number of anilines is 1. The maximum Gasteiger partial charge on any atom is 0.330 e. The molecule has 1 aliphatic carbocycles. The average molecular weight is 483 g/mol. The Morgan fingerprint density at radius 1 is 0.861 bits per heavy atom. The van der Waals surface area contributed by atoms with E-state index < -0.39 is 36.4 Å². The van der Waals surface area contributed by atoms with Crippen molar-refractivity contribution in [1.29, 1.82) is 0 Å². The lowest BCUT2D eigenvalue weighted by Crippen LogP contribution is -2.48. The van der Waals surface area contributed by atoms with Gasteiger partial charge in [-0.2, -0.15) is 0 Å². The summed E-state index contributed by atoms with van der Waals surface area (Å²) < 4.78 is 5.37. The van der Waals surface area contributed by atoms with Gasteiger partial charge in [0.25, 0.3) is 5.91 Å². The molecule has 182 valence electrons. The summed E-state index contributed by atoms with van der Waals surface area (Å²) in [6, 6.07) is 21.2. The van der Waals surface area contributed by atoms with Crippen LogP contribution in [0.5, 0.6) is 0 Å². The number of ether oxygens (including phenoxy) is 1. The zero-order valence-corrected chi connectivity index (χ0v) is 19.6. The van der Waals surface area contributed by atoms with Gasteiger partial charge in [-0.05, 0) is 29.9 Å². The van der Waals surface area contributed by atoms with E-state index in [9.17, 15) is 19.2 Å². The van der Waals surface area contributed by atoms with Gasteiger partial charge in [-0.1, -0.05) is 78.9 Å². The summed E-state index contributed by atoms with van der Waals surface area (Å²) in [6.45, 7) is -0.530. The van der Waals surface area contributed by atoms with Crippen molar-refractivity contribution in [2.24, 2.45) is 11.8 Å². The number of benzene rings is 3. The van der Waals surface area contributed by atoms with Crippen molar-refractivity contribution in [2.75, 3.05) is 11.9 Å². The fourth-order valence-electron chi connectivity index (χ4n) is 5.00. The lowest BCUT2D eigenvalue weighted by molar-refractivity contribution is -0.159. The minimum atomic E-state index is -1.14. The molecule has 0 radical (unpaired) electrons. The van der Waals surface area contributed by atoms with Crippen LogP contribution in [0.2, 0.25) is 0 Å². The fourth-order valence-corrected chi connectivity index (χ4v) is 5.00. The molecule has 3 atom stereocenters. The molecule has 0 spiro atoms. The smallest absolute Gasteiger partial charge is 0.330 e. The Morgan fingerprint density at radius 3 is 2.22 bits per heavy atom. The van der Waals surface area contributed by atoms with Gasteiger partial charge in [-0.3, -0.25) is 19.3 Å². The van der Waals surface area contributed by atoms with Gasteiger partial charge in [0.1, 0.15) is 6.04 Å². The molecule has 0 bridgehead atoms. The van der Waals surface area contributed by atoms with E-state index in [1.807, 2.05) is 78.9 Å². The molecule has 7 heteroatoms. The molecule has 3 amide bonds. The predicted molar refractivity (Wildman–Crippen MR) is 135 cm³/mol. The molecule has 0 saturated carbocycles. The van der Waals surface area contributed by atoms with E-state index in [1.54, 1.807) is 6.07 Å². The molecule has 1 aliphatic heterocycles. The summed E-state index contributed by atoms with van der Waals surface area (Å²) in [6.07, 6.45) is 4.88. The number of fused-ring (bicyclic) bond motifs is 2. The van der Waals surface area contributed by atoms with Crippen molar-refractivity contribution in [2.45, 2.75) is 25.3 Å². The van der Waals surface area contributed by atoms with E-state index in [2.05, 4.69) is 5.32 Å². The van der Waals surface area contributed by atoms with Crippen molar-refractivity contribution >= 4 is 40.2 Å². The van der Waals surface area contributed by atoms with E-state index in [4.69, 9.17) is 4.74 Å². The Balaban J connectivity index is 1.31. The number of imide groups is 1. The van der Waals surface area contributed by atoms with Crippen LogP contribution in [0.15, 0.2) is 84.9 Å². The number of likely N-dealkylation sites (tertiary alicyclic amines) is 1. The lowest BCUT2D eigenvalue weighted by Gasteiger charge is -2.25. The van der Waals surface area contributed by atoms with Crippen molar-refractivity contribution in [3.63, 3.8) is 0 Å². The lowest BCUT2D eigenvalue weighted by atomic mass is 9.85. The number of esters is 1. The molecule has 0 aromatic heterocycles. The number of nitrogens with one attached hydrogen (secondary N) is 1. The Labute approximate surface area is 208 Å². The second-order valence-electron chi connectivity index (χ2n) is 9.09. The first-order valence-corrected chi connectivity index (χ1v) is 12.0. The Kier molecular flexibility index (Phi) is 6.62. The van der Waals surface area contributed by atoms with Crippen LogP contribution in [-0.2, 0) is 30.3 Å². The van der Waals surface area contributed by atoms with E-state index in [0.29, 0.717) is 18.5 Å². The van der Waals surface area contributed by atoms with Gasteiger partial charge < -0.3 is 10.1 Å². The number of nitrogens with zero attached hydrogens (tertiary/aromatic N) is 1. The predicted octanol–water partition coefficient (Wildman–Crippen LogP) is 3.88. The number of rotatable bonds is 7. The van der Waals surface area contributed by atoms with Crippen molar-refractivity contribution in [3.05, 3.63) is 90.5 Å². The van der Waals surface area contributed by atoms with Crippen LogP contribution in [-0.4, -0.2) is 41.2 Å². The molecule has 2 aliphatic rings. The van der Waals surface area contributed by atoms with Crippen LogP contribution in [0.4, 0.5) is 5.69 Å². The molecule has 1 saturated heterocycles. The normalized spacial score (nSPS) is 19.7. The highest BCUT2D eigenvalue weighted by atomic mass is 16.5. The monoisotopic (exact) mass is 482 g/mol. The molecule has 1 fully saturated rings. The number of allylic oxidation sites excluding steroid dienone is 2. The quantitative estimate of drug-likeness (QED) is 0.313. The number of hydrogen-bond acceptors (Lipinski definition) is 5. The summed E-state index contributed by atoms with van der Waals surface area (Å²) >= 11 is 0. The molecule has 7 nitrogen and oxygen atoms in total. The van der Waals surface area contributed by atoms with Crippen LogP contribution in [0.3, 0.4) is 0 Å². The van der Waals surface area contributed by atoms with Gasteiger partial charge in [0.2, 0.25) is 11.8 Å². The summed E-state index contributed by atoms with van der Waals surface area (Å²) in [4.78, 5) is 53.3. The summed E-state index contributed by atoms with van der Waals surface area (Å²) in [5, 5.41) is 4.62. The topological polar surface area (TPSA) is 92.8 Å². The number of hydrogen-bond donors (Lipinski definition) is 1. The molecule has 1 N–H and O–H groups in total. The average Bonchev–Trinajstić information content (AvgIpc) is 3.16. The minimum absolute atomic E-state index is 0.120. The molecule has 5 rings (SSSR count). The first kappa shape index (κ1) is 23.5. The first-order chi connectivity index (χ1) is 17.5. The highest BCUT2D eigenvalue weighted by Crippen LogP contribution is 2.36. The number of carbonyl (C=O) groups excluding carboxylic acids is 4. The summed E-state index contributed by atoms with van der Waals surface area (Å²) in [5.74, 6) is -2.90. The van der Waals surface area contributed by atoms with Gasteiger partial charge in [0.15, 0.2) is 6.61 Å². The largest absolute Gasteiger partial charge is 0.454 e. The number of carbonyl (C=O) groups is 4. The minimum Gasteiger partial charge on any atom is -0.454 e. The van der Waals surface area contributed by atoms with E-state index in [0.717, 1.165) is 21.2 Å². The third-order valence-electron chi connectivity index (χ3n) is 6.81. The van der Waals surface area contributed by atoms with E-state index in [1.165, 1.54) is 0 Å². The maximum atomic E-state index is 13.2. The van der Waals surface area contributed by atoms with Crippen LogP contribution in [0, 0.1) is 11.8 Å². The molecule has 3 aromatic carbocycles. The molecule has 36 heavy (non-hydrogen) atoms. The van der Waals surface area contributed by atoms with Crippen LogP contribution >= 0.6 is 0 Å². The fraction of sp³-hybridized carbons (Fsp3) is 0.241. The zero-order valence-electron chi connectivity index (χ0n) is 19.6. The van der Waals surface area contributed by atoms with Crippen LogP contribution in [0.25, 0.3) is 10.8 Å². The van der Waals surface area contributed by atoms with Crippen molar-refractivity contribution in [1.82, 2.24) is 4.90 Å². The molecule has 3 aromatic rings. The van der Waals surface area contributed by atoms with Crippen LogP contribution in [0.1, 0.15) is 18.4 Å². The standard InChI is InChI=1S/C29H26N2O5/c32-26(30-24-16-8-12-20-11-4-5-13-21(20)24)18-36-29(35)25(17-19-9-2-1-3-10-19)31-27(33)22-14-6-7-15-23(22)28(31)34/h1-13,16,22-23,25H,14-15,17-18H2,(H,30,32)/t22-,23-,25+/m1/s1. The van der Waals surface area contributed by atoms with Gasteiger partial charge in [-0.15, -0.1) is 0 Å². The second-order valence-corrected chi connectivity index (χ2v) is 9.09. The molecular formula is C29H26N2O5. The van der Waals surface area contributed by atoms with Gasteiger partial charge in [0.05, 0.1) is 11.8 Å². The number of amides is 3. The Bertz CT molecular complexity index is 1320. The SMILES string of the molecule is O=C(COC(=O)[C@H](Cc1ccccc1)N1C(=O)[C@@H]2CC=CC[C@H]2C1=O)Nc1cccc2ccccc12. The van der Waals surface area contributed by atoms with Crippen molar-refractivity contribution < 1.29 is 23.9 Å². The maximum absolute atomic E-state index is 13.2. The highest BCUT2D eigenvalue weighted by Gasteiger charge is 2.51. The summed E-state index contributed by atoms with van der Waals surface area (Å²) in [5.41, 5.74) is 1.39. The van der Waals surface area contributed by atoms with Gasteiger partial charge >= 0.3 is 5.97 Å². The van der Waals surface area contributed by atoms with Crippen molar-refractivity contribution in [3.8, 4) is 0 Å². The first-order valence-electron chi connectivity index (χ1n) is 12.0. The van der Waals surface area contributed by atoms with Crippen LogP contribution < -0.4 is 5.32 Å². The molecular weight excluding hydrogens is 456 g/mol. The third-order valence-corrected chi connectivity index (χ3v) is 6.81. The third kappa shape index (κ3) is 4.64. The van der Waals surface area contributed by atoms with Gasteiger partial charge in [0, 0.05) is 17.5 Å². The summed E-state index contributed by atoms with van der Waals surface area (Å²) in [7, 11) is 0. The van der Waals surface area contributed by atoms with E-state index in [-0.39, 0.29) is 18.2 Å².